The number of benzene rings is 2. The first-order valence-corrected chi connectivity index (χ1v) is 8.68. The lowest BCUT2D eigenvalue weighted by molar-refractivity contribution is -0.576. The number of pyridine rings is 1. The lowest BCUT2D eigenvalue weighted by atomic mass is 10.2. The number of fused-ring (bicyclic) bond motifs is 1. The van der Waals surface area contributed by atoms with Gasteiger partial charge in [-0.3, -0.25) is 4.72 Å². The van der Waals surface area contributed by atoms with E-state index in [4.69, 9.17) is 4.74 Å². The first-order chi connectivity index (χ1) is 11.4. The van der Waals surface area contributed by atoms with Gasteiger partial charge in [-0.05, 0) is 31.2 Å². The Morgan fingerprint density at radius 2 is 1.83 bits per heavy atom. The predicted molar refractivity (Wildman–Crippen MR) is 91.4 cm³/mol. The normalized spacial score (nSPS) is 11.4. The molecule has 3 aromatic rings. The minimum Gasteiger partial charge on any atom is -0.618 e. The molecular formula is C17H16N2O4S. The van der Waals surface area contributed by atoms with Crippen LogP contribution in [0.15, 0.2) is 59.6 Å². The van der Waals surface area contributed by atoms with Crippen LogP contribution in [0.4, 0.5) is 5.69 Å². The van der Waals surface area contributed by atoms with E-state index in [1.54, 1.807) is 30.3 Å². The van der Waals surface area contributed by atoms with Crippen LogP contribution in [-0.2, 0) is 10.0 Å². The van der Waals surface area contributed by atoms with Crippen LogP contribution in [0.1, 0.15) is 5.56 Å². The van der Waals surface area contributed by atoms with Crippen molar-refractivity contribution in [3.63, 3.8) is 0 Å². The average Bonchev–Trinajstić information content (AvgIpc) is 2.54. The van der Waals surface area contributed by atoms with Gasteiger partial charge in [0.1, 0.15) is 11.4 Å². The maximum absolute atomic E-state index is 12.6. The standard InChI is InChI=1S/C17H16N2O4S/c1-12-5-7-15(8-6-12)24(21,22)18-16-11-14(23-2)10-13-4-3-9-19(20)17(13)16/h3-11,18H,1-2H3. The third-order valence-electron chi connectivity index (χ3n) is 3.64. The summed E-state index contributed by atoms with van der Waals surface area (Å²) in [5.41, 5.74) is 1.35. The minimum atomic E-state index is -3.82. The molecule has 1 N–H and O–H groups in total. The summed E-state index contributed by atoms with van der Waals surface area (Å²) in [6.07, 6.45) is 1.32. The van der Waals surface area contributed by atoms with Crippen molar-refractivity contribution in [2.75, 3.05) is 11.8 Å². The Kier molecular flexibility index (Phi) is 4.02. The second-order valence-electron chi connectivity index (χ2n) is 5.37. The third kappa shape index (κ3) is 2.98. The Morgan fingerprint density at radius 3 is 2.50 bits per heavy atom. The van der Waals surface area contributed by atoms with E-state index in [1.807, 2.05) is 6.92 Å². The number of nitrogens with one attached hydrogen (secondary N) is 1. The fourth-order valence-corrected chi connectivity index (χ4v) is 3.48. The number of nitrogens with zero attached hydrogens (tertiary/aromatic N) is 1. The van der Waals surface area contributed by atoms with E-state index in [0.717, 1.165) is 5.56 Å². The average molecular weight is 344 g/mol. The zero-order valence-corrected chi connectivity index (χ0v) is 14.0. The maximum atomic E-state index is 12.6. The van der Waals surface area contributed by atoms with Crippen LogP contribution in [0.5, 0.6) is 5.75 Å². The van der Waals surface area contributed by atoms with Crippen molar-refractivity contribution in [1.29, 1.82) is 0 Å². The van der Waals surface area contributed by atoms with E-state index in [2.05, 4.69) is 4.72 Å². The van der Waals surface area contributed by atoms with Crippen molar-refractivity contribution in [3.8, 4) is 5.75 Å². The van der Waals surface area contributed by atoms with Crippen molar-refractivity contribution >= 4 is 26.6 Å². The van der Waals surface area contributed by atoms with Crippen molar-refractivity contribution in [2.24, 2.45) is 0 Å². The van der Waals surface area contributed by atoms with Crippen molar-refractivity contribution in [1.82, 2.24) is 0 Å². The molecule has 0 spiro atoms. The molecule has 0 amide bonds. The number of aromatic nitrogens is 1. The third-order valence-corrected chi connectivity index (χ3v) is 5.02. The van der Waals surface area contributed by atoms with Gasteiger partial charge < -0.3 is 9.94 Å². The summed E-state index contributed by atoms with van der Waals surface area (Å²) >= 11 is 0. The van der Waals surface area contributed by atoms with Gasteiger partial charge in [0.25, 0.3) is 10.0 Å². The van der Waals surface area contributed by atoms with Gasteiger partial charge in [0.05, 0.1) is 17.4 Å². The van der Waals surface area contributed by atoms with E-state index in [-0.39, 0.29) is 16.1 Å². The summed E-state index contributed by atoms with van der Waals surface area (Å²) in [6.45, 7) is 1.87. The van der Waals surface area contributed by atoms with E-state index in [1.165, 1.54) is 31.5 Å². The highest BCUT2D eigenvalue weighted by Gasteiger charge is 2.20. The monoisotopic (exact) mass is 344 g/mol. The van der Waals surface area contributed by atoms with Crippen LogP contribution < -0.4 is 14.2 Å². The first-order valence-electron chi connectivity index (χ1n) is 7.20. The van der Waals surface area contributed by atoms with Crippen LogP contribution in [0, 0.1) is 12.1 Å². The van der Waals surface area contributed by atoms with Gasteiger partial charge in [-0.2, -0.15) is 4.73 Å². The summed E-state index contributed by atoms with van der Waals surface area (Å²) in [4.78, 5) is 0.123. The molecule has 124 valence electrons. The molecule has 0 aliphatic heterocycles. The summed E-state index contributed by atoms with van der Waals surface area (Å²) in [5.74, 6) is 0.454. The smallest absolute Gasteiger partial charge is 0.262 e. The molecule has 2 aromatic carbocycles. The van der Waals surface area contributed by atoms with Crippen molar-refractivity contribution in [3.05, 3.63) is 65.5 Å². The van der Waals surface area contributed by atoms with Crippen LogP contribution in [-0.4, -0.2) is 15.5 Å². The van der Waals surface area contributed by atoms with E-state index in [0.29, 0.717) is 15.9 Å². The number of sulfonamides is 1. The van der Waals surface area contributed by atoms with Gasteiger partial charge in [0.15, 0.2) is 6.20 Å². The number of rotatable bonds is 4. The lowest BCUT2D eigenvalue weighted by Gasteiger charge is -2.12. The number of anilines is 1. The highest BCUT2D eigenvalue weighted by Crippen LogP contribution is 2.28. The van der Waals surface area contributed by atoms with Crippen LogP contribution in [0.3, 0.4) is 0 Å². The predicted octanol–water partition coefficient (Wildman–Crippen LogP) is 2.59. The molecule has 1 heterocycles. The number of aryl methyl sites for hydroxylation is 1. The Hall–Kier alpha value is -2.80. The zero-order valence-electron chi connectivity index (χ0n) is 13.2. The molecule has 7 heteroatoms. The first kappa shape index (κ1) is 16.1. The molecule has 6 nitrogen and oxygen atoms in total. The lowest BCUT2D eigenvalue weighted by Crippen LogP contribution is -2.27. The maximum Gasteiger partial charge on any atom is 0.262 e. The van der Waals surface area contributed by atoms with Crippen LogP contribution in [0.2, 0.25) is 0 Å². The second kappa shape index (κ2) is 6.01. The van der Waals surface area contributed by atoms with Gasteiger partial charge in [0.2, 0.25) is 5.52 Å². The highest BCUT2D eigenvalue weighted by atomic mass is 32.2. The van der Waals surface area contributed by atoms with E-state index < -0.39 is 10.0 Å². The quantitative estimate of drug-likeness (QED) is 0.582. The van der Waals surface area contributed by atoms with Gasteiger partial charge in [0, 0.05) is 12.1 Å². The summed E-state index contributed by atoms with van der Waals surface area (Å²) in [6, 6.07) is 12.9. The fraction of sp³-hybridized carbons (Fsp3) is 0.118. The molecule has 24 heavy (non-hydrogen) atoms. The summed E-state index contributed by atoms with van der Waals surface area (Å²) in [7, 11) is -2.34. The molecule has 0 bridgehead atoms. The molecule has 1 aromatic heterocycles. The molecule has 0 aliphatic rings. The van der Waals surface area contributed by atoms with Gasteiger partial charge >= 0.3 is 0 Å². The Balaban J connectivity index is 2.13. The van der Waals surface area contributed by atoms with Crippen molar-refractivity contribution in [2.45, 2.75) is 11.8 Å². The highest BCUT2D eigenvalue weighted by molar-refractivity contribution is 7.92. The molecule has 0 saturated heterocycles. The molecule has 0 atom stereocenters. The second-order valence-corrected chi connectivity index (χ2v) is 7.05. The Morgan fingerprint density at radius 1 is 1.12 bits per heavy atom. The molecule has 0 aliphatic carbocycles. The van der Waals surface area contributed by atoms with E-state index >= 15 is 0 Å². The Bertz CT molecular complexity index is 999. The summed E-state index contributed by atoms with van der Waals surface area (Å²) in [5, 5.41) is 12.7. The molecular weight excluding hydrogens is 328 g/mol. The van der Waals surface area contributed by atoms with Gasteiger partial charge in [-0.1, -0.05) is 17.7 Å². The Labute approximate surface area is 140 Å². The SMILES string of the molecule is COc1cc(NS(=O)(=O)c2ccc(C)cc2)c2c(ccc[n+]2[O-])c1. The number of methoxy groups -OCH3 is 1. The van der Waals surface area contributed by atoms with Gasteiger partial charge in [-0.15, -0.1) is 0 Å². The van der Waals surface area contributed by atoms with E-state index in [9.17, 15) is 13.6 Å². The molecule has 0 saturated carbocycles. The van der Waals surface area contributed by atoms with Crippen molar-refractivity contribution < 1.29 is 17.9 Å². The number of hydrogen-bond acceptors (Lipinski definition) is 4. The minimum absolute atomic E-state index is 0.123. The van der Waals surface area contributed by atoms with Crippen LogP contribution >= 0.6 is 0 Å². The molecule has 0 radical (unpaired) electrons. The van der Waals surface area contributed by atoms with Crippen LogP contribution in [0.25, 0.3) is 10.9 Å². The zero-order chi connectivity index (χ0) is 17.3. The summed E-state index contributed by atoms with van der Waals surface area (Å²) < 4.78 is 33.5. The molecule has 0 unspecified atom stereocenters. The topological polar surface area (TPSA) is 82.3 Å². The van der Waals surface area contributed by atoms with Gasteiger partial charge in [-0.25, -0.2) is 8.42 Å². The molecule has 0 fully saturated rings. The molecule has 3 rings (SSSR count). The fourth-order valence-electron chi connectivity index (χ4n) is 2.42. The largest absolute Gasteiger partial charge is 0.618 e. The number of hydrogen-bond donors (Lipinski definition) is 1. The number of ether oxygens (including phenoxy) is 1.